The molecule has 1 amide bonds. The Kier molecular flexibility index (Phi) is 5.74. The van der Waals surface area contributed by atoms with E-state index in [4.69, 9.17) is 21.1 Å². The van der Waals surface area contributed by atoms with Gasteiger partial charge in [0.25, 0.3) is 5.91 Å². The van der Waals surface area contributed by atoms with Gasteiger partial charge in [-0.1, -0.05) is 11.6 Å². The van der Waals surface area contributed by atoms with Gasteiger partial charge in [0.2, 0.25) is 0 Å². The number of nitrogens with zero attached hydrogens (tertiary/aromatic N) is 2. The van der Waals surface area contributed by atoms with Crippen molar-refractivity contribution in [3.8, 4) is 22.8 Å². The van der Waals surface area contributed by atoms with Crippen LogP contribution < -0.4 is 14.4 Å². The molecule has 0 unspecified atom stereocenters. The summed E-state index contributed by atoms with van der Waals surface area (Å²) in [7, 11) is 0. The number of fused-ring (bicyclic) bond motifs is 1. The summed E-state index contributed by atoms with van der Waals surface area (Å²) in [5.41, 5.74) is 2.74. The van der Waals surface area contributed by atoms with Gasteiger partial charge in [-0.15, -0.1) is 11.3 Å². The average molecular weight is 429 g/mol. The molecule has 2 heterocycles. The molecule has 3 aromatic rings. The number of carbonyl (C=O) groups excluding carboxylic acids is 1. The number of rotatable bonds is 6. The van der Waals surface area contributed by atoms with E-state index < -0.39 is 0 Å². The number of aryl methyl sites for hydroxylation is 2. The molecule has 0 atom stereocenters. The molecular weight excluding hydrogens is 408 g/mol. The molecule has 0 N–H and O–H groups in total. The van der Waals surface area contributed by atoms with Gasteiger partial charge in [0.05, 0.1) is 23.0 Å². The molecule has 0 aliphatic carbocycles. The molecule has 4 rings (SSSR count). The van der Waals surface area contributed by atoms with Crippen LogP contribution in [0.1, 0.15) is 16.3 Å². The maximum absolute atomic E-state index is 12.5. The summed E-state index contributed by atoms with van der Waals surface area (Å²) in [5, 5.41) is 1.70. The maximum atomic E-state index is 12.5. The number of hydrogen-bond acceptors (Lipinski definition) is 5. The van der Waals surface area contributed by atoms with Gasteiger partial charge >= 0.3 is 0 Å². The van der Waals surface area contributed by atoms with E-state index in [0.717, 1.165) is 38.3 Å². The molecule has 0 saturated carbocycles. The Balaban J connectivity index is 1.48. The quantitative estimate of drug-likeness (QED) is 0.501. The van der Waals surface area contributed by atoms with Crippen LogP contribution in [0.5, 0.6) is 11.5 Å². The molecule has 1 aromatic heterocycles. The Labute approximate surface area is 178 Å². The van der Waals surface area contributed by atoms with E-state index in [1.54, 1.807) is 28.4 Å². The predicted molar refractivity (Wildman–Crippen MR) is 116 cm³/mol. The fourth-order valence-electron chi connectivity index (χ4n) is 3.33. The number of thiazole rings is 1. The third-order valence-electron chi connectivity index (χ3n) is 4.69. The number of benzene rings is 2. The van der Waals surface area contributed by atoms with Crippen molar-refractivity contribution in [3.63, 3.8) is 0 Å². The van der Waals surface area contributed by atoms with Crippen LogP contribution in [0.4, 0.5) is 5.69 Å². The van der Waals surface area contributed by atoms with Crippen molar-refractivity contribution in [2.75, 3.05) is 24.7 Å². The smallest absolute Gasteiger partial charge is 0.265 e. The number of anilines is 1. The van der Waals surface area contributed by atoms with E-state index in [9.17, 15) is 4.79 Å². The minimum atomic E-state index is -0.0488. The first kappa shape index (κ1) is 19.7. The SMILES string of the molecule is Cc1nc(-c2ccc3c(c2)N(CCCOc2ccc(Cl)cc2)C(=O)CO3)c(C)s1. The highest BCUT2D eigenvalue weighted by Crippen LogP contribution is 2.37. The molecule has 5 nitrogen and oxygen atoms in total. The van der Waals surface area contributed by atoms with Crippen LogP contribution in [-0.4, -0.2) is 30.6 Å². The molecule has 1 aliphatic rings. The van der Waals surface area contributed by atoms with Crippen molar-refractivity contribution in [3.05, 3.63) is 57.4 Å². The summed E-state index contributed by atoms with van der Waals surface area (Å²) in [6.45, 7) is 5.18. The van der Waals surface area contributed by atoms with Crippen LogP contribution in [0, 0.1) is 13.8 Å². The normalized spacial score (nSPS) is 13.2. The lowest BCUT2D eigenvalue weighted by molar-refractivity contribution is -0.121. The zero-order chi connectivity index (χ0) is 20.4. The molecule has 150 valence electrons. The minimum absolute atomic E-state index is 0.0488. The number of amides is 1. The number of carbonyl (C=O) groups is 1. The van der Waals surface area contributed by atoms with Crippen molar-refractivity contribution in [2.24, 2.45) is 0 Å². The van der Waals surface area contributed by atoms with E-state index in [1.165, 1.54) is 0 Å². The minimum Gasteiger partial charge on any atom is -0.494 e. The summed E-state index contributed by atoms with van der Waals surface area (Å²) in [6, 6.07) is 13.2. The lowest BCUT2D eigenvalue weighted by Crippen LogP contribution is -2.39. The topological polar surface area (TPSA) is 51.7 Å². The number of halogens is 1. The Hall–Kier alpha value is -2.57. The van der Waals surface area contributed by atoms with Crippen LogP contribution in [0.25, 0.3) is 11.3 Å². The van der Waals surface area contributed by atoms with E-state index in [1.807, 2.05) is 37.3 Å². The fourth-order valence-corrected chi connectivity index (χ4v) is 4.30. The molecule has 0 radical (unpaired) electrons. The van der Waals surface area contributed by atoms with E-state index >= 15 is 0 Å². The highest BCUT2D eigenvalue weighted by molar-refractivity contribution is 7.11. The third-order valence-corrected chi connectivity index (χ3v) is 5.83. The molecule has 2 aromatic carbocycles. The molecular formula is C22H21ClN2O3S. The molecule has 29 heavy (non-hydrogen) atoms. The highest BCUT2D eigenvalue weighted by atomic mass is 35.5. The van der Waals surface area contributed by atoms with Crippen molar-refractivity contribution in [1.29, 1.82) is 0 Å². The predicted octanol–water partition coefficient (Wildman–Crippen LogP) is 5.27. The molecule has 7 heteroatoms. The zero-order valence-corrected chi connectivity index (χ0v) is 17.8. The summed E-state index contributed by atoms with van der Waals surface area (Å²) in [4.78, 5) is 20.1. The van der Waals surface area contributed by atoms with Gasteiger partial charge in [-0.2, -0.15) is 0 Å². The second-order valence-corrected chi connectivity index (χ2v) is 8.65. The van der Waals surface area contributed by atoms with Gasteiger partial charge in [0.1, 0.15) is 11.5 Å². The molecule has 0 fully saturated rings. The van der Waals surface area contributed by atoms with Gasteiger partial charge in [-0.3, -0.25) is 4.79 Å². The Morgan fingerprint density at radius 2 is 2.00 bits per heavy atom. The largest absolute Gasteiger partial charge is 0.494 e. The Bertz CT molecular complexity index is 1030. The summed E-state index contributed by atoms with van der Waals surface area (Å²) < 4.78 is 11.4. The van der Waals surface area contributed by atoms with Crippen molar-refractivity contribution >= 4 is 34.5 Å². The van der Waals surface area contributed by atoms with Crippen LogP contribution >= 0.6 is 22.9 Å². The van der Waals surface area contributed by atoms with Gasteiger partial charge < -0.3 is 14.4 Å². The third kappa shape index (κ3) is 4.38. The van der Waals surface area contributed by atoms with Crippen LogP contribution in [-0.2, 0) is 4.79 Å². The van der Waals surface area contributed by atoms with E-state index in [0.29, 0.717) is 24.6 Å². The summed E-state index contributed by atoms with van der Waals surface area (Å²) in [6.07, 6.45) is 0.701. The maximum Gasteiger partial charge on any atom is 0.265 e. The molecule has 0 spiro atoms. The van der Waals surface area contributed by atoms with Crippen LogP contribution in [0.3, 0.4) is 0 Å². The van der Waals surface area contributed by atoms with Crippen LogP contribution in [0.2, 0.25) is 5.02 Å². The second kappa shape index (κ2) is 8.43. The standard InChI is InChI=1S/C22H21ClN2O3S/c1-14-22(24-15(2)29-14)16-4-9-20-19(12-16)25(21(26)13-28-20)10-3-11-27-18-7-5-17(23)6-8-18/h4-9,12H,3,10-11,13H2,1-2H3. The highest BCUT2D eigenvalue weighted by Gasteiger charge is 2.26. The second-order valence-electron chi connectivity index (χ2n) is 6.81. The Morgan fingerprint density at radius 1 is 1.21 bits per heavy atom. The number of ether oxygens (including phenoxy) is 2. The first-order valence-electron chi connectivity index (χ1n) is 9.41. The number of hydrogen-bond donors (Lipinski definition) is 0. The molecule has 0 bridgehead atoms. The Morgan fingerprint density at radius 3 is 2.72 bits per heavy atom. The van der Waals surface area contributed by atoms with Crippen molar-refractivity contribution in [2.45, 2.75) is 20.3 Å². The van der Waals surface area contributed by atoms with Crippen molar-refractivity contribution < 1.29 is 14.3 Å². The fraction of sp³-hybridized carbons (Fsp3) is 0.273. The monoisotopic (exact) mass is 428 g/mol. The number of aromatic nitrogens is 1. The molecule has 0 saturated heterocycles. The lowest BCUT2D eigenvalue weighted by atomic mass is 10.1. The van der Waals surface area contributed by atoms with Gasteiger partial charge in [0, 0.05) is 22.0 Å². The first-order valence-corrected chi connectivity index (χ1v) is 10.6. The van der Waals surface area contributed by atoms with E-state index in [2.05, 4.69) is 11.9 Å². The van der Waals surface area contributed by atoms with Gasteiger partial charge in [-0.05, 0) is 62.7 Å². The lowest BCUT2D eigenvalue weighted by Gasteiger charge is -2.29. The van der Waals surface area contributed by atoms with Gasteiger partial charge in [0.15, 0.2) is 6.61 Å². The summed E-state index contributed by atoms with van der Waals surface area (Å²) >= 11 is 7.56. The van der Waals surface area contributed by atoms with Crippen molar-refractivity contribution in [1.82, 2.24) is 4.98 Å². The van der Waals surface area contributed by atoms with Crippen LogP contribution in [0.15, 0.2) is 42.5 Å². The van der Waals surface area contributed by atoms with E-state index in [-0.39, 0.29) is 12.5 Å². The van der Waals surface area contributed by atoms with Gasteiger partial charge in [-0.25, -0.2) is 4.98 Å². The first-order chi connectivity index (χ1) is 14.0. The average Bonchev–Trinajstić information content (AvgIpc) is 3.05. The summed E-state index contributed by atoms with van der Waals surface area (Å²) in [5.74, 6) is 1.43. The zero-order valence-electron chi connectivity index (χ0n) is 16.3. The molecule has 1 aliphatic heterocycles.